The highest BCUT2D eigenvalue weighted by Gasteiger charge is 2.38. The molecule has 1 saturated carbocycles. The van der Waals surface area contributed by atoms with Gasteiger partial charge in [-0.15, -0.1) is 12.4 Å². The molecule has 26 heavy (non-hydrogen) atoms. The third kappa shape index (κ3) is 5.59. The monoisotopic (exact) mass is 387 g/mol. The first-order valence-corrected chi connectivity index (χ1v) is 10.3. The Kier molecular flexibility index (Phi) is 9.94. The van der Waals surface area contributed by atoms with E-state index in [4.69, 9.17) is 5.73 Å². The number of rotatable bonds is 7. The highest BCUT2D eigenvalue weighted by Crippen LogP contribution is 2.29. The lowest BCUT2D eigenvalue weighted by Crippen LogP contribution is -2.55. The minimum atomic E-state index is -0.423. The summed E-state index contributed by atoms with van der Waals surface area (Å²) >= 11 is 0. The summed E-state index contributed by atoms with van der Waals surface area (Å²) in [7, 11) is 0. The number of nitrogens with two attached hydrogens (primary N) is 1. The van der Waals surface area contributed by atoms with Crippen LogP contribution in [0.5, 0.6) is 0 Å². The van der Waals surface area contributed by atoms with Crippen LogP contribution in [0.4, 0.5) is 0 Å². The molecule has 2 amide bonds. The van der Waals surface area contributed by atoms with Crippen LogP contribution in [0.2, 0.25) is 0 Å². The molecule has 0 aromatic carbocycles. The molecule has 0 unspecified atom stereocenters. The molecular weight excluding hydrogens is 350 g/mol. The molecule has 1 aliphatic heterocycles. The van der Waals surface area contributed by atoms with Gasteiger partial charge in [0.15, 0.2) is 0 Å². The standard InChI is InChI=1S/C20H37N3O2.ClH/c1-3-20(4-2,16-21)19(25)23-14-12-22(13-15-23)18(24)11-10-17-8-6-5-7-9-17;/h17H,3-16,21H2,1-2H3;1H. The Labute approximate surface area is 165 Å². The van der Waals surface area contributed by atoms with E-state index in [1.807, 2.05) is 23.6 Å². The smallest absolute Gasteiger partial charge is 0.230 e. The second-order valence-corrected chi connectivity index (χ2v) is 7.91. The average molecular weight is 388 g/mol. The van der Waals surface area contributed by atoms with E-state index in [9.17, 15) is 9.59 Å². The molecule has 2 rings (SSSR count). The van der Waals surface area contributed by atoms with Gasteiger partial charge < -0.3 is 15.5 Å². The molecule has 1 aliphatic carbocycles. The number of amides is 2. The lowest BCUT2D eigenvalue weighted by atomic mass is 9.81. The molecule has 0 bridgehead atoms. The van der Waals surface area contributed by atoms with Gasteiger partial charge in [-0.25, -0.2) is 0 Å². The fourth-order valence-electron chi connectivity index (χ4n) is 4.38. The maximum absolute atomic E-state index is 12.9. The number of halogens is 1. The van der Waals surface area contributed by atoms with Crippen LogP contribution in [-0.2, 0) is 9.59 Å². The summed E-state index contributed by atoms with van der Waals surface area (Å²) in [4.78, 5) is 29.2. The number of piperazine rings is 1. The zero-order valence-corrected chi connectivity index (χ0v) is 17.5. The quantitative estimate of drug-likeness (QED) is 0.729. The molecule has 0 aromatic heterocycles. The summed E-state index contributed by atoms with van der Waals surface area (Å²) in [5, 5.41) is 0. The number of hydrogen-bond acceptors (Lipinski definition) is 3. The van der Waals surface area contributed by atoms with Gasteiger partial charge in [-0.2, -0.15) is 0 Å². The summed E-state index contributed by atoms with van der Waals surface area (Å²) in [5.41, 5.74) is 5.49. The zero-order valence-electron chi connectivity index (χ0n) is 16.7. The molecule has 1 saturated heterocycles. The first-order chi connectivity index (χ1) is 12.1. The number of nitrogens with zero attached hydrogens (tertiary/aromatic N) is 2. The average Bonchev–Trinajstić information content (AvgIpc) is 2.68. The predicted molar refractivity (Wildman–Crippen MR) is 108 cm³/mol. The SMILES string of the molecule is CCC(CC)(CN)C(=O)N1CCN(C(=O)CCC2CCCCC2)CC1.Cl. The van der Waals surface area contributed by atoms with Gasteiger partial charge in [-0.05, 0) is 25.2 Å². The van der Waals surface area contributed by atoms with Gasteiger partial charge in [0, 0.05) is 39.1 Å². The Hall–Kier alpha value is -0.810. The van der Waals surface area contributed by atoms with Crippen molar-refractivity contribution in [1.29, 1.82) is 0 Å². The van der Waals surface area contributed by atoms with E-state index >= 15 is 0 Å². The third-order valence-electron chi connectivity index (χ3n) is 6.61. The van der Waals surface area contributed by atoms with E-state index in [0.717, 1.165) is 25.2 Å². The molecule has 2 N–H and O–H groups in total. The van der Waals surface area contributed by atoms with Gasteiger partial charge in [-0.1, -0.05) is 46.0 Å². The fourth-order valence-corrected chi connectivity index (χ4v) is 4.38. The highest BCUT2D eigenvalue weighted by molar-refractivity contribution is 5.85. The summed E-state index contributed by atoms with van der Waals surface area (Å²) in [6.07, 6.45) is 9.89. The number of carbonyl (C=O) groups is 2. The minimum absolute atomic E-state index is 0. The highest BCUT2D eigenvalue weighted by atomic mass is 35.5. The van der Waals surface area contributed by atoms with Crippen LogP contribution in [0.25, 0.3) is 0 Å². The molecule has 0 radical (unpaired) electrons. The summed E-state index contributed by atoms with van der Waals surface area (Å²) in [5.74, 6) is 1.20. The maximum Gasteiger partial charge on any atom is 0.230 e. The Bertz CT molecular complexity index is 432. The van der Waals surface area contributed by atoms with Crippen LogP contribution in [0.15, 0.2) is 0 Å². The molecule has 0 spiro atoms. The summed E-state index contributed by atoms with van der Waals surface area (Å²) in [6, 6.07) is 0. The molecule has 6 heteroatoms. The minimum Gasteiger partial charge on any atom is -0.339 e. The van der Waals surface area contributed by atoms with Gasteiger partial charge in [-0.3, -0.25) is 9.59 Å². The van der Waals surface area contributed by atoms with Crippen molar-refractivity contribution in [3.05, 3.63) is 0 Å². The van der Waals surface area contributed by atoms with Crippen LogP contribution in [0, 0.1) is 11.3 Å². The van der Waals surface area contributed by atoms with Gasteiger partial charge in [0.05, 0.1) is 5.41 Å². The van der Waals surface area contributed by atoms with E-state index < -0.39 is 5.41 Å². The van der Waals surface area contributed by atoms with Crippen molar-refractivity contribution < 1.29 is 9.59 Å². The van der Waals surface area contributed by atoms with Gasteiger partial charge >= 0.3 is 0 Å². The second kappa shape index (κ2) is 11.1. The molecule has 0 aromatic rings. The van der Waals surface area contributed by atoms with E-state index in [-0.39, 0.29) is 24.2 Å². The van der Waals surface area contributed by atoms with Crippen LogP contribution < -0.4 is 5.73 Å². The first-order valence-electron chi connectivity index (χ1n) is 10.3. The van der Waals surface area contributed by atoms with E-state index in [0.29, 0.717) is 39.1 Å². The lowest BCUT2D eigenvalue weighted by molar-refractivity contribution is -0.147. The second-order valence-electron chi connectivity index (χ2n) is 7.91. The molecule has 5 nitrogen and oxygen atoms in total. The maximum atomic E-state index is 12.9. The van der Waals surface area contributed by atoms with E-state index in [1.165, 1.54) is 32.1 Å². The van der Waals surface area contributed by atoms with Gasteiger partial charge in [0.25, 0.3) is 0 Å². The van der Waals surface area contributed by atoms with Gasteiger partial charge in [0.2, 0.25) is 11.8 Å². The van der Waals surface area contributed by atoms with Crippen LogP contribution in [0.3, 0.4) is 0 Å². The first kappa shape index (κ1) is 23.2. The van der Waals surface area contributed by atoms with Crippen molar-refractivity contribution in [2.75, 3.05) is 32.7 Å². The number of carbonyl (C=O) groups excluding carboxylic acids is 2. The summed E-state index contributed by atoms with van der Waals surface area (Å²) < 4.78 is 0. The lowest BCUT2D eigenvalue weighted by Gasteiger charge is -2.40. The summed E-state index contributed by atoms with van der Waals surface area (Å²) in [6.45, 7) is 7.12. The van der Waals surface area contributed by atoms with E-state index in [2.05, 4.69) is 0 Å². The van der Waals surface area contributed by atoms with Gasteiger partial charge in [0.1, 0.15) is 0 Å². The topological polar surface area (TPSA) is 66.6 Å². The molecule has 1 heterocycles. The van der Waals surface area contributed by atoms with Crippen molar-refractivity contribution in [3.63, 3.8) is 0 Å². The van der Waals surface area contributed by atoms with Crippen molar-refractivity contribution in [2.45, 2.75) is 71.6 Å². The van der Waals surface area contributed by atoms with Crippen molar-refractivity contribution in [3.8, 4) is 0 Å². The van der Waals surface area contributed by atoms with Crippen molar-refractivity contribution >= 4 is 24.2 Å². The fraction of sp³-hybridized carbons (Fsp3) is 0.900. The third-order valence-corrected chi connectivity index (χ3v) is 6.61. The number of hydrogen-bond donors (Lipinski definition) is 1. The van der Waals surface area contributed by atoms with Crippen LogP contribution >= 0.6 is 12.4 Å². The largest absolute Gasteiger partial charge is 0.339 e. The Morgan fingerprint density at radius 3 is 2.00 bits per heavy atom. The normalized spacial score (nSPS) is 19.2. The molecule has 0 atom stereocenters. The van der Waals surface area contributed by atoms with Crippen molar-refractivity contribution in [1.82, 2.24) is 9.80 Å². The predicted octanol–water partition coefficient (Wildman–Crippen LogP) is 3.20. The zero-order chi connectivity index (χ0) is 18.3. The molecule has 2 fully saturated rings. The molecule has 152 valence electrons. The van der Waals surface area contributed by atoms with Crippen LogP contribution in [0.1, 0.15) is 71.6 Å². The Morgan fingerprint density at radius 1 is 0.962 bits per heavy atom. The van der Waals surface area contributed by atoms with Crippen LogP contribution in [-0.4, -0.2) is 54.3 Å². The Balaban J connectivity index is 0.00000338. The van der Waals surface area contributed by atoms with Crippen molar-refractivity contribution in [2.24, 2.45) is 17.1 Å². The van der Waals surface area contributed by atoms with E-state index in [1.54, 1.807) is 0 Å². The molecule has 2 aliphatic rings. The Morgan fingerprint density at radius 2 is 1.50 bits per heavy atom. The molecular formula is C20H38ClN3O2.